The van der Waals surface area contributed by atoms with Crippen LogP contribution in [-0.4, -0.2) is 29.0 Å². The first-order valence-electron chi connectivity index (χ1n) is 10.6. The monoisotopic (exact) mass is 392 g/mol. The minimum Gasteiger partial charge on any atom is -0.507 e. The summed E-state index contributed by atoms with van der Waals surface area (Å²) in [7, 11) is 0. The van der Waals surface area contributed by atoms with E-state index in [1.807, 2.05) is 18.2 Å². The van der Waals surface area contributed by atoms with Gasteiger partial charge in [0.15, 0.2) is 6.29 Å². The molecule has 4 nitrogen and oxygen atoms in total. The zero-order valence-electron chi connectivity index (χ0n) is 18.8. The van der Waals surface area contributed by atoms with E-state index in [1.54, 1.807) is 6.07 Å². The third-order valence-electron chi connectivity index (χ3n) is 7.22. The molecule has 1 aliphatic heterocycles. The van der Waals surface area contributed by atoms with E-state index in [1.165, 1.54) is 0 Å². The molecule has 0 spiro atoms. The third kappa shape index (κ3) is 5.28. The van der Waals surface area contributed by atoms with Crippen molar-refractivity contribution in [3.63, 3.8) is 0 Å². The lowest BCUT2D eigenvalue weighted by Gasteiger charge is -2.46. The fraction of sp³-hybridized carbons (Fsp3) is 0.750. The molecule has 0 aromatic heterocycles. The number of hydrogen-bond acceptors (Lipinski definition) is 4. The highest BCUT2D eigenvalue weighted by Crippen LogP contribution is 2.48. The van der Waals surface area contributed by atoms with Crippen LogP contribution in [0, 0.1) is 16.2 Å². The van der Waals surface area contributed by atoms with Gasteiger partial charge < -0.3 is 19.7 Å². The Bertz CT molecular complexity index is 635. The van der Waals surface area contributed by atoms with Crippen LogP contribution in [0.15, 0.2) is 24.3 Å². The smallest absolute Gasteiger partial charge is 0.188 e. The zero-order valence-corrected chi connectivity index (χ0v) is 18.8. The summed E-state index contributed by atoms with van der Waals surface area (Å²) in [5.74, 6) is 0.213. The molecule has 0 amide bonds. The van der Waals surface area contributed by atoms with Crippen LogP contribution in [0.3, 0.4) is 0 Å². The topological polar surface area (TPSA) is 58.9 Å². The van der Waals surface area contributed by atoms with Crippen molar-refractivity contribution in [2.24, 2.45) is 16.2 Å². The minimum absolute atomic E-state index is 0.0206. The number of aliphatic hydroxyl groups excluding tert-OH is 1. The second kappa shape index (κ2) is 8.73. The van der Waals surface area contributed by atoms with Crippen LogP contribution in [0.25, 0.3) is 0 Å². The van der Waals surface area contributed by atoms with E-state index in [4.69, 9.17) is 9.47 Å². The van der Waals surface area contributed by atoms with Crippen LogP contribution in [0.5, 0.6) is 5.75 Å². The second-order valence-electron chi connectivity index (χ2n) is 10.4. The van der Waals surface area contributed by atoms with E-state index in [0.29, 0.717) is 5.56 Å². The molecule has 2 rings (SSSR count). The number of phenols is 1. The van der Waals surface area contributed by atoms with Gasteiger partial charge in [-0.2, -0.15) is 0 Å². The molecular weight excluding hydrogens is 352 g/mol. The lowest BCUT2D eigenvalue weighted by molar-refractivity contribution is -0.266. The van der Waals surface area contributed by atoms with Gasteiger partial charge in [-0.3, -0.25) is 0 Å². The van der Waals surface area contributed by atoms with Crippen LogP contribution in [0.4, 0.5) is 0 Å². The fourth-order valence-electron chi connectivity index (χ4n) is 3.89. The number of ether oxygens (including phenoxy) is 2. The highest BCUT2D eigenvalue weighted by Gasteiger charge is 2.42. The van der Waals surface area contributed by atoms with Crippen molar-refractivity contribution in [2.45, 2.75) is 92.6 Å². The van der Waals surface area contributed by atoms with Crippen LogP contribution in [0.2, 0.25) is 0 Å². The summed E-state index contributed by atoms with van der Waals surface area (Å²) in [5.41, 5.74) is 0.855. The summed E-state index contributed by atoms with van der Waals surface area (Å²) in [6.45, 7) is 15.9. The Labute approximate surface area is 171 Å². The molecule has 28 heavy (non-hydrogen) atoms. The maximum absolute atomic E-state index is 10.2. The highest BCUT2D eigenvalue weighted by atomic mass is 16.7. The SMILES string of the molecule is CC1CC(C(C)(C)CCC(C)(C)C(C)(C)CCO)OC(c2ccccc2O)O1. The van der Waals surface area contributed by atoms with Gasteiger partial charge in [0.25, 0.3) is 0 Å². The Morgan fingerprint density at radius 2 is 1.54 bits per heavy atom. The van der Waals surface area contributed by atoms with E-state index >= 15 is 0 Å². The van der Waals surface area contributed by atoms with E-state index in [9.17, 15) is 10.2 Å². The summed E-state index contributed by atoms with van der Waals surface area (Å²) < 4.78 is 12.4. The van der Waals surface area contributed by atoms with Gasteiger partial charge in [0.05, 0.1) is 12.2 Å². The molecule has 0 bridgehead atoms. The molecule has 0 radical (unpaired) electrons. The summed E-state index contributed by atoms with van der Waals surface area (Å²) in [6, 6.07) is 7.24. The fourth-order valence-corrected chi connectivity index (χ4v) is 3.89. The Kier molecular flexibility index (Phi) is 7.22. The van der Waals surface area contributed by atoms with Crippen LogP contribution < -0.4 is 0 Å². The van der Waals surface area contributed by atoms with E-state index < -0.39 is 6.29 Å². The van der Waals surface area contributed by atoms with Gasteiger partial charge in [0, 0.05) is 18.6 Å². The summed E-state index contributed by atoms with van der Waals surface area (Å²) in [5, 5.41) is 19.6. The summed E-state index contributed by atoms with van der Waals surface area (Å²) >= 11 is 0. The molecular formula is C24H40O4. The summed E-state index contributed by atoms with van der Waals surface area (Å²) in [6.07, 6.45) is 3.33. The lowest BCUT2D eigenvalue weighted by Crippen LogP contribution is -2.42. The first-order chi connectivity index (χ1) is 12.9. The van der Waals surface area contributed by atoms with Gasteiger partial charge >= 0.3 is 0 Å². The molecule has 1 aromatic rings. The molecule has 1 fully saturated rings. The molecule has 1 aromatic carbocycles. The number of phenolic OH excluding ortho intramolecular Hbond substituents is 1. The van der Waals surface area contributed by atoms with Crippen molar-refractivity contribution >= 4 is 0 Å². The van der Waals surface area contributed by atoms with E-state index in [-0.39, 0.29) is 40.8 Å². The second-order valence-corrected chi connectivity index (χ2v) is 10.4. The predicted octanol–water partition coefficient (Wildman–Crippen LogP) is 5.83. The number of aliphatic hydroxyl groups is 1. The van der Waals surface area contributed by atoms with Crippen molar-refractivity contribution in [2.75, 3.05) is 6.61 Å². The Morgan fingerprint density at radius 3 is 2.14 bits per heavy atom. The van der Waals surface area contributed by atoms with Crippen LogP contribution >= 0.6 is 0 Å². The molecule has 1 saturated heterocycles. The van der Waals surface area contributed by atoms with E-state index in [0.717, 1.165) is 25.7 Å². The van der Waals surface area contributed by atoms with Gasteiger partial charge in [0.2, 0.25) is 0 Å². The van der Waals surface area contributed by atoms with Gasteiger partial charge in [-0.25, -0.2) is 0 Å². The molecule has 1 aliphatic rings. The molecule has 160 valence electrons. The predicted molar refractivity (Wildman–Crippen MR) is 113 cm³/mol. The van der Waals surface area contributed by atoms with Gasteiger partial charge in [-0.15, -0.1) is 0 Å². The molecule has 0 aliphatic carbocycles. The Balaban J connectivity index is 2.10. The van der Waals surface area contributed by atoms with Gasteiger partial charge in [-0.05, 0) is 48.5 Å². The number of para-hydroxylation sites is 1. The average molecular weight is 393 g/mol. The minimum atomic E-state index is -0.534. The molecule has 0 saturated carbocycles. The standard InChI is InChI=1S/C24H40O4/c1-17-16-20(28-21(27-17)18-10-8-9-11-19(18)26)22(2,3)12-13-23(4,5)24(6,7)14-15-25/h8-11,17,20-21,25-26H,12-16H2,1-7H3. The molecule has 1 heterocycles. The Hall–Kier alpha value is -1.10. The number of rotatable bonds is 8. The molecule has 3 atom stereocenters. The maximum Gasteiger partial charge on any atom is 0.188 e. The van der Waals surface area contributed by atoms with Crippen LogP contribution in [-0.2, 0) is 9.47 Å². The normalized spacial score (nSPS) is 24.4. The van der Waals surface area contributed by atoms with E-state index in [2.05, 4.69) is 48.5 Å². The first-order valence-corrected chi connectivity index (χ1v) is 10.6. The quantitative estimate of drug-likeness (QED) is 0.585. The first kappa shape index (κ1) is 23.2. The van der Waals surface area contributed by atoms with Crippen molar-refractivity contribution in [3.05, 3.63) is 29.8 Å². The lowest BCUT2D eigenvalue weighted by atomic mass is 9.62. The third-order valence-corrected chi connectivity index (χ3v) is 7.22. The molecule has 3 unspecified atom stereocenters. The van der Waals surface area contributed by atoms with Crippen molar-refractivity contribution < 1.29 is 19.7 Å². The number of aromatic hydroxyl groups is 1. The molecule has 2 N–H and O–H groups in total. The maximum atomic E-state index is 10.2. The average Bonchev–Trinajstić information content (AvgIpc) is 2.60. The van der Waals surface area contributed by atoms with Crippen molar-refractivity contribution in [1.82, 2.24) is 0 Å². The largest absolute Gasteiger partial charge is 0.507 e. The summed E-state index contributed by atoms with van der Waals surface area (Å²) in [4.78, 5) is 0. The van der Waals surface area contributed by atoms with Crippen molar-refractivity contribution in [1.29, 1.82) is 0 Å². The number of hydrogen-bond donors (Lipinski definition) is 2. The Morgan fingerprint density at radius 1 is 0.929 bits per heavy atom. The van der Waals surface area contributed by atoms with Gasteiger partial charge in [0.1, 0.15) is 5.75 Å². The zero-order chi connectivity index (χ0) is 21.2. The molecule has 4 heteroatoms. The highest BCUT2D eigenvalue weighted by molar-refractivity contribution is 5.33. The van der Waals surface area contributed by atoms with Crippen LogP contribution in [0.1, 0.15) is 86.0 Å². The van der Waals surface area contributed by atoms with Gasteiger partial charge in [-0.1, -0.05) is 59.7 Å². The number of benzene rings is 1. The van der Waals surface area contributed by atoms with Crippen molar-refractivity contribution in [3.8, 4) is 5.75 Å².